The zero-order valence-corrected chi connectivity index (χ0v) is 12.6. The van der Waals surface area contributed by atoms with E-state index in [0.717, 1.165) is 0 Å². The smallest absolute Gasteiger partial charge is 0.341 e. The molecule has 1 aliphatic heterocycles. The number of rotatable bonds is 6. The molecule has 0 aromatic carbocycles. The van der Waals surface area contributed by atoms with Crippen LogP contribution >= 0.6 is 0 Å². The highest BCUT2D eigenvalue weighted by Crippen LogP contribution is 2.13. The van der Waals surface area contributed by atoms with Crippen molar-refractivity contribution < 1.29 is 26.4 Å². The molecule has 6 nitrogen and oxygen atoms in total. The van der Waals surface area contributed by atoms with Crippen molar-refractivity contribution in [3.63, 3.8) is 0 Å². The first-order valence-electron chi connectivity index (χ1n) is 6.68. The summed E-state index contributed by atoms with van der Waals surface area (Å²) < 4.78 is 61.2. The minimum absolute atomic E-state index is 0.00644. The van der Waals surface area contributed by atoms with Gasteiger partial charge in [0.2, 0.25) is 15.9 Å². The fourth-order valence-electron chi connectivity index (χ4n) is 2.01. The third-order valence-electron chi connectivity index (χ3n) is 3.18. The van der Waals surface area contributed by atoms with Gasteiger partial charge in [-0.3, -0.25) is 4.79 Å². The standard InChI is InChI=1S/C11H20F3N3O3S/c1-2-21(19,20)16-9-3-5-17(6-4-9)10(18)7-15-8-11(12,13)14/h9,15-16H,2-8H2,1H3. The predicted molar refractivity (Wildman–Crippen MR) is 71.1 cm³/mol. The van der Waals surface area contributed by atoms with E-state index < -0.39 is 28.7 Å². The molecule has 1 rings (SSSR count). The maximum atomic E-state index is 11.9. The van der Waals surface area contributed by atoms with Crippen molar-refractivity contribution in [2.75, 3.05) is 31.9 Å². The minimum Gasteiger partial charge on any atom is -0.341 e. The van der Waals surface area contributed by atoms with E-state index in [2.05, 4.69) is 10.0 Å². The fourth-order valence-corrected chi connectivity index (χ4v) is 2.92. The van der Waals surface area contributed by atoms with Gasteiger partial charge in [0.1, 0.15) is 0 Å². The molecule has 0 spiro atoms. The van der Waals surface area contributed by atoms with Crippen molar-refractivity contribution in [1.82, 2.24) is 14.9 Å². The molecule has 0 bridgehead atoms. The van der Waals surface area contributed by atoms with Crippen LogP contribution < -0.4 is 10.0 Å². The second-order valence-electron chi connectivity index (χ2n) is 4.90. The Balaban J connectivity index is 2.31. The van der Waals surface area contributed by atoms with E-state index in [9.17, 15) is 26.4 Å². The average Bonchev–Trinajstić information content (AvgIpc) is 2.37. The van der Waals surface area contributed by atoms with Gasteiger partial charge < -0.3 is 10.2 Å². The summed E-state index contributed by atoms with van der Waals surface area (Å²) in [6.07, 6.45) is -3.42. The van der Waals surface area contributed by atoms with Crippen LogP contribution in [0.2, 0.25) is 0 Å². The molecule has 1 saturated heterocycles. The van der Waals surface area contributed by atoms with Crippen LogP contribution in [0.15, 0.2) is 0 Å². The highest BCUT2D eigenvalue weighted by atomic mass is 32.2. The Labute approximate surface area is 122 Å². The van der Waals surface area contributed by atoms with E-state index in [0.29, 0.717) is 25.9 Å². The SMILES string of the molecule is CCS(=O)(=O)NC1CCN(C(=O)CNCC(F)(F)F)CC1. The second-order valence-corrected chi connectivity index (χ2v) is 6.94. The monoisotopic (exact) mass is 331 g/mol. The van der Waals surface area contributed by atoms with E-state index >= 15 is 0 Å². The molecule has 1 amide bonds. The van der Waals surface area contributed by atoms with Gasteiger partial charge in [-0.05, 0) is 19.8 Å². The number of piperidine rings is 1. The predicted octanol–water partition coefficient (Wildman–Crippen LogP) is 0.0686. The lowest BCUT2D eigenvalue weighted by Crippen LogP contribution is -2.49. The van der Waals surface area contributed by atoms with E-state index in [1.54, 1.807) is 0 Å². The molecule has 10 heteroatoms. The molecule has 0 aromatic heterocycles. The molecule has 0 aromatic rings. The van der Waals surface area contributed by atoms with Crippen LogP contribution in [0.4, 0.5) is 13.2 Å². The first-order chi connectivity index (χ1) is 9.63. The Morgan fingerprint density at radius 1 is 1.29 bits per heavy atom. The van der Waals surface area contributed by atoms with Crippen molar-refractivity contribution in [1.29, 1.82) is 0 Å². The minimum atomic E-state index is -4.34. The van der Waals surface area contributed by atoms with Gasteiger partial charge in [-0.1, -0.05) is 0 Å². The lowest BCUT2D eigenvalue weighted by Gasteiger charge is -2.32. The zero-order chi connectivity index (χ0) is 16.1. The lowest BCUT2D eigenvalue weighted by molar-refractivity contribution is -0.135. The van der Waals surface area contributed by atoms with E-state index in [1.165, 1.54) is 11.8 Å². The number of hydrogen-bond acceptors (Lipinski definition) is 4. The van der Waals surface area contributed by atoms with Gasteiger partial charge >= 0.3 is 6.18 Å². The molecule has 21 heavy (non-hydrogen) atoms. The molecule has 0 atom stereocenters. The van der Waals surface area contributed by atoms with Gasteiger partial charge in [0.15, 0.2) is 0 Å². The largest absolute Gasteiger partial charge is 0.401 e. The number of carbonyl (C=O) groups is 1. The summed E-state index contributed by atoms with van der Waals surface area (Å²) in [5.41, 5.74) is 0. The number of nitrogens with zero attached hydrogens (tertiary/aromatic N) is 1. The van der Waals surface area contributed by atoms with Crippen LogP contribution in [-0.2, 0) is 14.8 Å². The topological polar surface area (TPSA) is 78.5 Å². The fraction of sp³-hybridized carbons (Fsp3) is 0.909. The summed E-state index contributed by atoms with van der Waals surface area (Å²) in [4.78, 5) is 13.1. The number of alkyl halides is 3. The Morgan fingerprint density at radius 2 is 1.86 bits per heavy atom. The maximum Gasteiger partial charge on any atom is 0.401 e. The molecule has 1 aliphatic rings. The third-order valence-corrected chi connectivity index (χ3v) is 4.63. The summed E-state index contributed by atoms with van der Waals surface area (Å²) in [6, 6.07) is -0.220. The maximum absolute atomic E-state index is 11.9. The summed E-state index contributed by atoms with van der Waals surface area (Å²) in [6.45, 7) is 0.635. The first kappa shape index (κ1) is 18.2. The number of likely N-dealkylation sites (tertiary alicyclic amines) is 1. The van der Waals surface area contributed by atoms with Gasteiger partial charge in [-0.25, -0.2) is 13.1 Å². The number of halogens is 3. The number of sulfonamides is 1. The number of carbonyl (C=O) groups excluding carboxylic acids is 1. The van der Waals surface area contributed by atoms with E-state index in [1.807, 2.05) is 0 Å². The Bertz CT molecular complexity index is 445. The van der Waals surface area contributed by atoms with Crippen molar-refractivity contribution in [2.45, 2.75) is 32.0 Å². The highest BCUT2D eigenvalue weighted by Gasteiger charge is 2.28. The molecule has 124 valence electrons. The van der Waals surface area contributed by atoms with Crippen LogP contribution in [0.3, 0.4) is 0 Å². The van der Waals surface area contributed by atoms with Gasteiger partial charge in [-0.2, -0.15) is 13.2 Å². The molecular formula is C11H20F3N3O3S. The van der Waals surface area contributed by atoms with Crippen LogP contribution in [0.25, 0.3) is 0 Å². The summed E-state index contributed by atoms with van der Waals surface area (Å²) >= 11 is 0. The van der Waals surface area contributed by atoms with Gasteiger partial charge in [0, 0.05) is 19.1 Å². The van der Waals surface area contributed by atoms with Crippen molar-refractivity contribution >= 4 is 15.9 Å². The molecule has 0 saturated carbocycles. The molecule has 2 N–H and O–H groups in total. The number of hydrogen-bond donors (Lipinski definition) is 2. The molecule has 0 aliphatic carbocycles. The van der Waals surface area contributed by atoms with Gasteiger partial charge in [0.05, 0.1) is 18.8 Å². The number of nitrogens with one attached hydrogen (secondary N) is 2. The Morgan fingerprint density at radius 3 is 2.33 bits per heavy atom. The van der Waals surface area contributed by atoms with Crippen LogP contribution in [0.5, 0.6) is 0 Å². The zero-order valence-electron chi connectivity index (χ0n) is 11.7. The average molecular weight is 331 g/mol. The molecule has 0 radical (unpaired) electrons. The normalized spacial score (nSPS) is 18.0. The highest BCUT2D eigenvalue weighted by molar-refractivity contribution is 7.89. The van der Waals surface area contributed by atoms with Crippen LogP contribution in [0, 0.1) is 0 Å². The molecule has 0 unspecified atom stereocenters. The first-order valence-corrected chi connectivity index (χ1v) is 8.33. The quantitative estimate of drug-likeness (QED) is 0.722. The molecule has 1 heterocycles. The van der Waals surface area contributed by atoms with Crippen molar-refractivity contribution in [3.05, 3.63) is 0 Å². The number of amides is 1. The van der Waals surface area contributed by atoms with Crippen molar-refractivity contribution in [2.24, 2.45) is 0 Å². The summed E-state index contributed by atoms with van der Waals surface area (Å²) in [7, 11) is -3.28. The Kier molecular flexibility index (Phi) is 6.41. The molecular weight excluding hydrogens is 311 g/mol. The summed E-state index contributed by atoms with van der Waals surface area (Å²) in [5, 5.41) is 2.05. The van der Waals surface area contributed by atoms with Crippen LogP contribution in [0.1, 0.15) is 19.8 Å². The summed E-state index contributed by atoms with van der Waals surface area (Å²) in [5.74, 6) is -0.413. The van der Waals surface area contributed by atoms with Gasteiger partial charge in [-0.15, -0.1) is 0 Å². The van der Waals surface area contributed by atoms with E-state index in [-0.39, 0.29) is 18.3 Å². The second kappa shape index (κ2) is 7.41. The molecule has 1 fully saturated rings. The van der Waals surface area contributed by atoms with Gasteiger partial charge in [0.25, 0.3) is 0 Å². The Hall–Kier alpha value is -0.870. The van der Waals surface area contributed by atoms with Crippen molar-refractivity contribution in [3.8, 4) is 0 Å². The third kappa shape index (κ3) is 7.09. The van der Waals surface area contributed by atoms with E-state index in [4.69, 9.17) is 0 Å². The van der Waals surface area contributed by atoms with Crippen LogP contribution in [-0.4, -0.2) is 63.4 Å². The lowest BCUT2D eigenvalue weighted by atomic mass is 10.1.